The van der Waals surface area contributed by atoms with Crippen LogP contribution in [0.3, 0.4) is 0 Å². The fraction of sp³-hybridized carbons (Fsp3) is 0.667. The molecule has 6 heteroatoms. The van der Waals surface area contributed by atoms with E-state index in [1.807, 2.05) is 4.90 Å². The highest BCUT2D eigenvalue weighted by Crippen LogP contribution is 2.44. The molecule has 130 valence electrons. The Balaban J connectivity index is 1.47. The van der Waals surface area contributed by atoms with Crippen LogP contribution >= 0.6 is 0 Å². The van der Waals surface area contributed by atoms with Gasteiger partial charge in [-0.15, -0.1) is 0 Å². The van der Waals surface area contributed by atoms with E-state index in [0.717, 1.165) is 6.42 Å². The molecule has 3 heterocycles. The van der Waals surface area contributed by atoms with Crippen LogP contribution < -0.4 is 0 Å². The Morgan fingerprint density at radius 2 is 2.04 bits per heavy atom. The van der Waals surface area contributed by atoms with Crippen molar-refractivity contribution in [2.45, 2.75) is 32.4 Å². The average molecular weight is 334 g/mol. The first-order valence-electron chi connectivity index (χ1n) is 8.76. The van der Waals surface area contributed by atoms with E-state index in [4.69, 9.17) is 4.42 Å². The molecular formula is C18H23FN2O3. The molecule has 4 unspecified atom stereocenters. The Hall–Kier alpha value is -1.85. The monoisotopic (exact) mass is 334 g/mol. The summed E-state index contributed by atoms with van der Waals surface area (Å²) in [5.41, 5.74) is -0.617. The van der Waals surface area contributed by atoms with Gasteiger partial charge < -0.3 is 14.2 Å². The van der Waals surface area contributed by atoms with Crippen LogP contribution in [0.4, 0.5) is 4.39 Å². The standard InChI is InChI=1S/C18H23FN2O3/c1-12-9-13(12)16(22)20-6-4-15(19)18(10-20)5-7-21(11-18)17(23)14-3-2-8-24-14/h2-3,8,12-13,15H,4-7,9-11H2,1H3. The lowest BCUT2D eigenvalue weighted by Gasteiger charge is -2.42. The van der Waals surface area contributed by atoms with Crippen LogP contribution in [0, 0.1) is 17.3 Å². The van der Waals surface area contributed by atoms with Gasteiger partial charge in [0, 0.05) is 37.5 Å². The zero-order valence-electron chi connectivity index (χ0n) is 13.9. The van der Waals surface area contributed by atoms with Gasteiger partial charge in [-0.1, -0.05) is 6.92 Å². The minimum absolute atomic E-state index is 0.125. The SMILES string of the molecule is CC1CC1C(=O)N1CCC(F)C2(CCN(C(=O)c3ccco3)C2)C1. The highest BCUT2D eigenvalue weighted by atomic mass is 19.1. The number of hydrogen-bond donors (Lipinski definition) is 0. The van der Waals surface area contributed by atoms with E-state index in [1.54, 1.807) is 17.0 Å². The first-order valence-corrected chi connectivity index (χ1v) is 8.76. The van der Waals surface area contributed by atoms with E-state index in [1.165, 1.54) is 6.26 Å². The number of amides is 2. The lowest BCUT2D eigenvalue weighted by atomic mass is 9.77. The number of nitrogens with zero attached hydrogens (tertiary/aromatic N) is 2. The van der Waals surface area contributed by atoms with E-state index in [0.29, 0.717) is 44.9 Å². The van der Waals surface area contributed by atoms with Crippen molar-refractivity contribution < 1.29 is 18.4 Å². The first kappa shape index (κ1) is 15.7. The maximum Gasteiger partial charge on any atom is 0.289 e. The van der Waals surface area contributed by atoms with Gasteiger partial charge in [0.05, 0.1) is 6.26 Å². The summed E-state index contributed by atoms with van der Waals surface area (Å²) in [6.45, 7) is 3.88. The molecule has 0 aromatic carbocycles. The molecule has 1 aromatic heterocycles. The number of halogens is 1. The maximum atomic E-state index is 14.8. The predicted molar refractivity (Wildman–Crippen MR) is 85.0 cm³/mol. The average Bonchev–Trinajstić information content (AvgIpc) is 2.99. The number of rotatable bonds is 2. The summed E-state index contributed by atoms with van der Waals surface area (Å²) in [6, 6.07) is 3.31. The third kappa shape index (κ3) is 2.52. The molecular weight excluding hydrogens is 311 g/mol. The minimum atomic E-state index is -0.965. The number of carbonyl (C=O) groups excluding carboxylic acids is 2. The molecule has 1 spiro atoms. The van der Waals surface area contributed by atoms with Gasteiger partial charge in [0.2, 0.25) is 5.91 Å². The normalized spacial score (nSPS) is 35.5. The van der Waals surface area contributed by atoms with Gasteiger partial charge in [-0.3, -0.25) is 9.59 Å². The summed E-state index contributed by atoms with van der Waals surface area (Å²) in [5, 5.41) is 0. The van der Waals surface area contributed by atoms with Crippen molar-refractivity contribution in [2.24, 2.45) is 17.3 Å². The zero-order chi connectivity index (χ0) is 16.9. The van der Waals surface area contributed by atoms with Gasteiger partial charge in [-0.05, 0) is 37.3 Å². The van der Waals surface area contributed by atoms with Crippen molar-refractivity contribution >= 4 is 11.8 Å². The summed E-state index contributed by atoms with van der Waals surface area (Å²) in [6.07, 6.45) is 2.42. The number of alkyl halides is 1. The maximum absolute atomic E-state index is 14.8. The van der Waals surface area contributed by atoms with Crippen molar-refractivity contribution in [2.75, 3.05) is 26.2 Å². The van der Waals surface area contributed by atoms with Crippen LogP contribution in [0.15, 0.2) is 22.8 Å². The van der Waals surface area contributed by atoms with Crippen molar-refractivity contribution in [1.29, 1.82) is 0 Å². The lowest BCUT2D eigenvalue weighted by Crippen LogP contribution is -2.54. The van der Waals surface area contributed by atoms with E-state index in [9.17, 15) is 14.0 Å². The molecule has 0 bridgehead atoms. The van der Waals surface area contributed by atoms with Gasteiger partial charge >= 0.3 is 0 Å². The van der Waals surface area contributed by atoms with E-state index >= 15 is 0 Å². The fourth-order valence-electron chi connectivity index (χ4n) is 4.23. The van der Waals surface area contributed by atoms with Gasteiger partial charge in [0.25, 0.3) is 5.91 Å². The molecule has 4 rings (SSSR count). The third-order valence-corrected chi connectivity index (χ3v) is 5.97. The van der Waals surface area contributed by atoms with Crippen LogP contribution in [-0.4, -0.2) is 54.0 Å². The largest absolute Gasteiger partial charge is 0.459 e. The summed E-state index contributed by atoms with van der Waals surface area (Å²) in [5.74, 6) is 0.851. The summed E-state index contributed by atoms with van der Waals surface area (Å²) < 4.78 is 19.9. The van der Waals surface area contributed by atoms with Crippen LogP contribution in [-0.2, 0) is 4.79 Å². The fourth-order valence-corrected chi connectivity index (χ4v) is 4.23. The van der Waals surface area contributed by atoms with Crippen molar-refractivity contribution in [3.8, 4) is 0 Å². The Morgan fingerprint density at radius 1 is 1.29 bits per heavy atom. The highest BCUT2D eigenvalue weighted by Gasteiger charge is 2.52. The van der Waals surface area contributed by atoms with Gasteiger partial charge in [-0.25, -0.2) is 4.39 Å². The van der Waals surface area contributed by atoms with E-state index in [-0.39, 0.29) is 23.5 Å². The molecule has 5 nitrogen and oxygen atoms in total. The molecule has 3 aliphatic rings. The molecule has 0 radical (unpaired) electrons. The second-order valence-electron chi connectivity index (χ2n) is 7.65. The van der Waals surface area contributed by atoms with E-state index in [2.05, 4.69) is 6.92 Å². The molecule has 4 atom stereocenters. The Morgan fingerprint density at radius 3 is 2.71 bits per heavy atom. The number of likely N-dealkylation sites (tertiary alicyclic amines) is 2. The molecule has 2 amide bonds. The minimum Gasteiger partial charge on any atom is -0.459 e. The molecule has 3 fully saturated rings. The second kappa shape index (κ2) is 5.60. The Kier molecular flexibility index (Phi) is 3.66. The summed E-state index contributed by atoms with van der Waals surface area (Å²) >= 11 is 0. The molecule has 24 heavy (non-hydrogen) atoms. The second-order valence-corrected chi connectivity index (χ2v) is 7.65. The topological polar surface area (TPSA) is 53.8 Å². The number of carbonyl (C=O) groups is 2. The predicted octanol–water partition coefficient (Wildman–Crippen LogP) is 2.34. The van der Waals surface area contributed by atoms with Crippen LogP contribution in [0.5, 0.6) is 0 Å². The van der Waals surface area contributed by atoms with Crippen LogP contribution in [0.2, 0.25) is 0 Å². The molecule has 2 saturated heterocycles. The van der Waals surface area contributed by atoms with Gasteiger partial charge in [0.15, 0.2) is 5.76 Å². The Bertz CT molecular complexity index is 647. The molecule has 1 aliphatic carbocycles. The summed E-state index contributed by atoms with van der Waals surface area (Å²) in [7, 11) is 0. The smallest absolute Gasteiger partial charge is 0.289 e. The quantitative estimate of drug-likeness (QED) is 0.834. The van der Waals surface area contributed by atoms with Crippen LogP contribution in [0.1, 0.15) is 36.7 Å². The molecule has 2 aliphatic heterocycles. The number of piperidine rings is 1. The van der Waals surface area contributed by atoms with Gasteiger partial charge in [0.1, 0.15) is 6.17 Å². The first-order chi connectivity index (χ1) is 11.5. The van der Waals surface area contributed by atoms with Crippen LogP contribution in [0.25, 0.3) is 0 Å². The third-order valence-electron chi connectivity index (χ3n) is 5.97. The zero-order valence-corrected chi connectivity index (χ0v) is 13.9. The molecule has 1 saturated carbocycles. The number of furan rings is 1. The van der Waals surface area contributed by atoms with Crippen molar-refractivity contribution in [3.63, 3.8) is 0 Å². The van der Waals surface area contributed by atoms with E-state index < -0.39 is 11.6 Å². The van der Waals surface area contributed by atoms with Crippen molar-refractivity contribution in [1.82, 2.24) is 9.80 Å². The molecule has 1 aromatic rings. The highest BCUT2D eigenvalue weighted by molar-refractivity contribution is 5.91. The summed E-state index contributed by atoms with van der Waals surface area (Å²) in [4.78, 5) is 28.5. The van der Waals surface area contributed by atoms with Crippen molar-refractivity contribution in [3.05, 3.63) is 24.2 Å². The molecule has 0 N–H and O–H groups in total. The lowest BCUT2D eigenvalue weighted by molar-refractivity contribution is -0.138. The van der Waals surface area contributed by atoms with Gasteiger partial charge in [-0.2, -0.15) is 0 Å². The Labute approximate surface area is 140 Å². The number of hydrogen-bond acceptors (Lipinski definition) is 3.